The molecule has 0 aliphatic heterocycles. The van der Waals surface area contributed by atoms with E-state index in [9.17, 15) is 9.59 Å². The van der Waals surface area contributed by atoms with Gasteiger partial charge in [-0.3, -0.25) is 14.7 Å². The highest BCUT2D eigenvalue weighted by molar-refractivity contribution is 5.75. The Morgan fingerprint density at radius 2 is 2.30 bits per heavy atom. The fraction of sp³-hybridized carbons (Fsp3) is 0.333. The number of H-pyrrole nitrogens is 1. The fourth-order valence-corrected chi connectivity index (χ4v) is 0.812. The number of nitrogens with zero attached hydrogens (tertiary/aromatic N) is 1. The fourth-order valence-electron chi connectivity index (χ4n) is 0.812. The number of aromatic nitrogens is 2. The predicted octanol–water partition coefficient (Wildman–Crippen LogP) is 0.145. The molecule has 0 bridgehead atoms. The highest BCUT2D eigenvalue weighted by atomic mass is 16.2. The third-order valence-corrected chi connectivity index (χ3v) is 1.23. The molecule has 10 heavy (non-hydrogen) atoms. The van der Waals surface area contributed by atoms with Crippen molar-refractivity contribution in [2.75, 3.05) is 0 Å². The Morgan fingerprint density at radius 3 is 2.50 bits per heavy atom. The second kappa shape index (κ2) is 2.13. The lowest BCUT2D eigenvalue weighted by molar-refractivity contribution is 0.0918. The van der Waals surface area contributed by atoms with Crippen molar-refractivity contribution in [3.05, 3.63) is 22.1 Å². The van der Waals surface area contributed by atoms with Gasteiger partial charge in [0.1, 0.15) is 0 Å². The van der Waals surface area contributed by atoms with Gasteiger partial charge in [-0.2, -0.15) is 0 Å². The minimum Gasteiger partial charge on any atom is -0.273 e. The molecule has 4 nitrogen and oxygen atoms in total. The van der Waals surface area contributed by atoms with Crippen LogP contribution >= 0.6 is 0 Å². The van der Waals surface area contributed by atoms with Gasteiger partial charge in [-0.15, -0.1) is 0 Å². The second-order valence-electron chi connectivity index (χ2n) is 2.12. The van der Waals surface area contributed by atoms with Crippen molar-refractivity contribution >= 4 is 5.91 Å². The summed E-state index contributed by atoms with van der Waals surface area (Å²) in [5.74, 6) is -0.181. The molecule has 0 aliphatic rings. The van der Waals surface area contributed by atoms with Gasteiger partial charge < -0.3 is 0 Å². The van der Waals surface area contributed by atoms with E-state index >= 15 is 0 Å². The molecule has 4 heteroatoms. The van der Waals surface area contributed by atoms with Crippen molar-refractivity contribution in [2.24, 2.45) is 0 Å². The van der Waals surface area contributed by atoms with E-state index in [1.54, 1.807) is 6.92 Å². The number of nitrogens with one attached hydrogen (secondary N) is 1. The van der Waals surface area contributed by atoms with Crippen LogP contribution in [0.25, 0.3) is 0 Å². The Balaban J connectivity index is 3.28. The van der Waals surface area contributed by atoms with Gasteiger partial charge in [-0.05, 0) is 6.92 Å². The molecule has 1 aromatic heterocycles. The first-order chi connectivity index (χ1) is 4.61. The van der Waals surface area contributed by atoms with E-state index in [4.69, 9.17) is 0 Å². The molecule has 1 rings (SSSR count). The molecule has 0 saturated heterocycles. The zero-order chi connectivity index (χ0) is 7.72. The SMILES string of the molecule is CC(=O)n1[nH]c(=O)cc1C. The summed E-state index contributed by atoms with van der Waals surface area (Å²) >= 11 is 0. The highest BCUT2D eigenvalue weighted by Crippen LogP contribution is 1.89. The molecule has 54 valence electrons. The van der Waals surface area contributed by atoms with Gasteiger partial charge in [0.05, 0.1) is 0 Å². The zero-order valence-corrected chi connectivity index (χ0v) is 5.84. The molecule has 0 atom stereocenters. The first-order valence-corrected chi connectivity index (χ1v) is 2.91. The Bertz CT molecular complexity index is 308. The van der Waals surface area contributed by atoms with Crippen LogP contribution in [0.1, 0.15) is 17.4 Å². The van der Waals surface area contributed by atoms with E-state index in [1.807, 2.05) is 0 Å². The maximum atomic E-state index is 10.7. The summed E-state index contributed by atoms with van der Waals surface area (Å²) in [5.41, 5.74) is 0.394. The summed E-state index contributed by atoms with van der Waals surface area (Å²) in [6.07, 6.45) is 0. The van der Waals surface area contributed by atoms with Crippen LogP contribution < -0.4 is 5.56 Å². The minimum atomic E-state index is -0.243. The third-order valence-electron chi connectivity index (χ3n) is 1.23. The Morgan fingerprint density at radius 1 is 1.70 bits per heavy atom. The standard InChI is InChI=1S/C6H8N2O2/c1-4-3-6(10)7-8(4)5(2)9/h3H,1-2H3,(H,7,10). The number of carbonyl (C=O) groups excluding carboxylic acids is 1. The molecule has 0 unspecified atom stereocenters. The largest absolute Gasteiger partial charge is 0.273 e. The second-order valence-corrected chi connectivity index (χ2v) is 2.12. The van der Waals surface area contributed by atoms with Crippen LogP contribution in [0, 0.1) is 6.92 Å². The summed E-state index contributed by atoms with van der Waals surface area (Å²) < 4.78 is 1.21. The van der Waals surface area contributed by atoms with Gasteiger partial charge in [-0.1, -0.05) is 0 Å². The smallest absolute Gasteiger partial charge is 0.264 e. The van der Waals surface area contributed by atoms with Crippen LogP contribution in [-0.2, 0) is 0 Å². The van der Waals surface area contributed by atoms with Gasteiger partial charge in [0, 0.05) is 18.7 Å². The van der Waals surface area contributed by atoms with Crippen molar-refractivity contribution in [1.29, 1.82) is 0 Å². The molecule has 1 heterocycles. The van der Waals surface area contributed by atoms with Crippen molar-refractivity contribution in [2.45, 2.75) is 13.8 Å². The maximum absolute atomic E-state index is 10.7. The van der Waals surface area contributed by atoms with E-state index in [2.05, 4.69) is 5.10 Å². The minimum absolute atomic E-state index is 0.181. The molecule has 0 amide bonds. The normalized spacial score (nSPS) is 9.80. The molecular formula is C6H8N2O2. The van der Waals surface area contributed by atoms with Crippen LogP contribution in [0.4, 0.5) is 0 Å². The monoisotopic (exact) mass is 140 g/mol. The molecule has 0 saturated carbocycles. The van der Waals surface area contributed by atoms with E-state index in [1.165, 1.54) is 17.7 Å². The van der Waals surface area contributed by atoms with Crippen LogP contribution in [-0.4, -0.2) is 15.7 Å². The molecule has 0 aliphatic carbocycles. The summed E-state index contributed by atoms with van der Waals surface area (Å²) in [7, 11) is 0. The predicted molar refractivity (Wildman–Crippen MR) is 36.1 cm³/mol. The number of hydrogen-bond donors (Lipinski definition) is 1. The maximum Gasteiger partial charge on any atom is 0.264 e. The first-order valence-electron chi connectivity index (χ1n) is 2.91. The van der Waals surface area contributed by atoms with Crippen LogP contribution in [0.5, 0.6) is 0 Å². The average molecular weight is 140 g/mol. The van der Waals surface area contributed by atoms with Gasteiger partial charge >= 0.3 is 0 Å². The quantitative estimate of drug-likeness (QED) is 0.557. The van der Waals surface area contributed by atoms with E-state index in [0.717, 1.165) is 0 Å². The number of carbonyl (C=O) groups is 1. The number of hydrogen-bond acceptors (Lipinski definition) is 2. The van der Waals surface area contributed by atoms with Gasteiger partial charge in [0.25, 0.3) is 5.56 Å². The molecule has 0 radical (unpaired) electrons. The topological polar surface area (TPSA) is 54.9 Å². The molecule has 0 spiro atoms. The van der Waals surface area contributed by atoms with Crippen molar-refractivity contribution in [3.8, 4) is 0 Å². The number of aromatic amines is 1. The molecule has 0 fully saturated rings. The van der Waals surface area contributed by atoms with Crippen LogP contribution in [0.15, 0.2) is 10.9 Å². The van der Waals surface area contributed by atoms with E-state index in [0.29, 0.717) is 5.69 Å². The summed E-state index contributed by atoms with van der Waals surface area (Å²) in [6.45, 7) is 3.09. The average Bonchev–Trinajstić information content (AvgIpc) is 2.10. The van der Waals surface area contributed by atoms with Crippen molar-refractivity contribution in [3.63, 3.8) is 0 Å². The van der Waals surface area contributed by atoms with Crippen molar-refractivity contribution < 1.29 is 4.79 Å². The highest BCUT2D eigenvalue weighted by Gasteiger charge is 2.01. The van der Waals surface area contributed by atoms with Crippen molar-refractivity contribution in [1.82, 2.24) is 9.78 Å². The molecule has 1 N–H and O–H groups in total. The van der Waals surface area contributed by atoms with E-state index < -0.39 is 0 Å². The third kappa shape index (κ3) is 1.00. The lowest BCUT2D eigenvalue weighted by Crippen LogP contribution is -2.12. The lowest BCUT2D eigenvalue weighted by Gasteiger charge is -1.95. The molecular weight excluding hydrogens is 132 g/mol. The lowest BCUT2D eigenvalue weighted by atomic mass is 10.5. The summed E-state index contributed by atoms with van der Waals surface area (Å²) in [4.78, 5) is 21.3. The summed E-state index contributed by atoms with van der Waals surface area (Å²) in [5, 5.41) is 2.36. The Hall–Kier alpha value is -1.32. The Labute approximate surface area is 57.5 Å². The van der Waals surface area contributed by atoms with Gasteiger partial charge in [0.15, 0.2) is 0 Å². The summed E-state index contributed by atoms with van der Waals surface area (Å²) in [6, 6.07) is 1.38. The number of aryl methyl sites for hydroxylation is 1. The molecule has 1 aromatic rings. The zero-order valence-electron chi connectivity index (χ0n) is 5.84. The number of rotatable bonds is 0. The van der Waals surface area contributed by atoms with E-state index in [-0.39, 0.29) is 11.5 Å². The molecule has 0 aromatic carbocycles. The van der Waals surface area contributed by atoms with Gasteiger partial charge in [-0.25, -0.2) is 4.68 Å². The first kappa shape index (κ1) is 6.80. The van der Waals surface area contributed by atoms with Crippen LogP contribution in [0.2, 0.25) is 0 Å². The Kier molecular flexibility index (Phi) is 1.45. The van der Waals surface area contributed by atoms with Crippen LogP contribution in [0.3, 0.4) is 0 Å². The van der Waals surface area contributed by atoms with Gasteiger partial charge in [0.2, 0.25) is 5.91 Å².